The Hall–Kier alpha value is -1.71. The highest BCUT2D eigenvalue weighted by molar-refractivity contribution is 6.32. The lowest BCUT2D eigenvalue weighted by Crippen LogP contribution is -2.41. The van der Waals surface area contributed by atoms with E-state index in [0.29, 0.717) is 23.1 Å². The minimum absolute atomic E-state index is 0.0264. The molecule has 0 heterocycles. The molecule has 2 aromatic rings. The van der Waals surface area contributed by atoms with E-state index in [1.807, 2.05) is 12.1 Å². The molecule has 0 aliphatic heterocycles. The summed E-state index contributed by atoms with van der Waals surface area (Å²) in [7, 11) is 1.64. The normalized spacial score (nSPS) is 12.1. The molecule has 3 nitrogen and oxygen atoms in total. The molecular weight excluding hydrogens is 370 g/mol. The largest absolute Gasteiger partial charge is 0.493 e. The van der Waals surface area contributed by atoms with Crippen LogP contribution in [0.15, 0.2) is 36.4 Å². The van der Waals surface area contributed by atoms with Crippen LogP contribution in [0.3, 0.4) is 0 Å². The molecule has 0 unspecified atom stereocenters. The van der Waals surface area contributed by atoms with Crippen molar-refractivity contribution in [2.45, 2.75) is 66.7 Å². The van der Waals surface area contributed by atoms with Crippen molar-refractivity contribution >= 4 is 11.6 Å². The standard InChI is InChI=1S/C24H34ClNO2/c1-17-8-10-18(11-9-17)15-28-22-20(25)12-19(13-21(22)27-7)14-26-24(5,6)16-23(2,3)4/h8-13,26H,14-16H2,1-7H3. The zero-order chi connectivity index (χ0) is 20.9. The summed E-state index contributed by atoms with van der Waals surface area (Å²) in [6.45, 7) is 14.5. The molecule has 2 rings (SSSR count). The monoisotopic (exact) mass is 403 g/mol. The molecule has 0 aromatic heterocycles. The van der Waals surface area contributed by atoms with Gasteiger partial charge in [0.1, 0.15) is 6.61 Å². The number of halogens is 1. The topological polar surface area (TPSA) is 30.5 Å². The van der Waals surface area contributed by atoms with E-state index >= 15 is 0 Å². The molecule has 0 atom stereocenters. The van der Waals surface area contributed by atoms with Crippen LogP contribution in [0.5, 0.6) is 11.5 Å². The van der Waals surface area contributed by atoms with Gasteiger partial charge in [-0.3, -0.25) is 0 Å². The zero-order valence-electron chi connectivity index (χ0n) is 18.3. The fourth-order valence-corrected chi connectivity index (χ4v) is 3.87. The first kappa shape index (κ1) is 22.6. The van der Waals surface area contributed by atoms with Crippen molar-refractivity contribution < 1.29 is 9.47 Å². The lowest BCUT2D eigenvalue weighted by atomic mass is 9.82. The number of nitrogens with one attached hydrogen (secondary N) is 1. The van der Waals surface area contributed by atoms with Crippen molar-refractivity contribution in [3.63, 3.8) is 0 Å². The summed E-state index contributed by atoms with van der Waals surface area (Å²) in [6.07, 6.45) is 1.07. The van der Waals surface area contributed by atoms with E-state index in [-0.39, 0.29) is 11.0 Å². The second-order valence-corrected chi connectivity index (χ2v) is 9.77. The Morgan fingerprint density at radius 2 is 1.61 bits per heavy atom. The third-order valence-electron chi connectivity index (χ3n) is 4.54. The van der Waals surface area contributed by atoms with E-state index < -0.39 is 0 Å². The minimum atomic E-state index is 0.0264. The van der Waals surface area contributed by atoms with Gasteiger partial charge in [0.15, 0.2) is 11.5 Å². The van der Waals surface area contributed by atoms with Crippen molar-refractivity contribution in [1.82, 2.24) is 5.32 Å². The zero-order valence-corrected chi connectivity index (χ0v) is 19.0. The molecule has 1 N–H and O–H groups in total. The molecular formula is C24H34ClNO2. The number of hydrogen-bond donors (Lipinski definition) is 1. The van der Waals surface area contributed by atoms with Gasteiger partial charge in [-0.25, -0.2) is 0 Å². The van der Waals surface area contributed by atoms with Gasteiger partial charge in [-0.15, -0.1) is 0 Å². The van der Waals surface area contributed by atoms with Gasteiger partial charge >= 0.3 is 0 Å². The summed E-state index contributed by atoms with van der Waals surface area (Å²) in [5, 5.41) is 4.20. The fourth-order valence-electron chi connectivity index (χ4n) is 3.58. The first-order valence-electron chi connectivity index (χ1n) is 9.79. The molecule has 0 aliphatic rings. The van der Waals surface area contributed by atoms with Gasteiger partial charge in [0.2, 0.25) is 0 Å². The Morgan fingerprint density at radius 3 is 2.18 bits per heavy atom. The minimum Gasteiger partial charge on any atom is -0.493 e. The van der Waals surface area contributed by atoms with Crippen molar-refractivity contribution in [2.24, 2.45) is 5.41 Å². The van der Waals surface area contributed by atoms with E-state index in [9.17, 15) is 0 Å². The van der Waals surface area contributed by atoms with Gasteiger partial charge < -0.3 is 14.8 Å². The van der Waals surface area contributed by atoms with Crippen molar-refractivity contribution in [2.75, 3.05) is 7.11 Å². The van der Waals surface area contributed by atoms with E-state index in [1.165, 1.54) is 5.56 Å². The Bertz CT molecular complexity index is 776. The Labute approximate surface area is 175 Å². The van der Waals surface area contributed by atoms with Crippen LogP contribution in [0.4, 0.5) is 0 Å². The molecule has 0 spiro atoms. The van der Waals surface area contributed by atoms with Gasteiger partial charge in [-0.2, -0.15) is 0 Å². The highest BCUT2D eigenvalue weighted by atomic mass is 35.5. The van der Waals surface area contributed by atoms with Crippen molar-refractivity contribution in [3.05, 3.63) is 58.1 Å². The molecule has 2 aromatic carbocycles. The third kappa shape index (κ3) is 7.03. The van der Waals surface area contributed by atoms with Gasteiger partial charge in [-0.1, -0.05) is 62.2 Å². The summed E-state index contributed by atoms with van der Waals surface area (Å²) in [4.78, 5) is 0. The van der Waals surface area contributed by atoms with Crippen LogP contribution < -0.4 is 14.8 Å². The average Bonchev–Trinajstić information content (AvgIpc) is 2.58. The molecule has 28 heavy (non-hydrogen) atoms. The van der Waals surface area contributed by atoms with Gasteiger partial charge in [0.05, 0.1) is 12.1 Å². The lowest BCUT2D eigenvalue weighted by molar-refractivity contribution is 0.240. The summed E-state index contributed by atoms with van der Waals surface area (Å²) < 4.78 is 11.5. The highest BCUT2D eigenvalue weighted by Crippen LogP contribution is 2.37. The van der Waals surface area contributed by atoms with Crippen LogP contribution >= 0.6 is 11.6 Å². The quantitative estimate of drug-likeness (QED) is 0.542. The summed E-state index contributed by atoms with van der Waals surface area (Å²) >= 11 is 6.53. The predicted molar refractivity (Wildman–Crippen MR) is 119 cm³/mol. The van der Waals surface area contributed by atoms with E-state index in [4.69, 9.17) is 21.1 Å². The number of hydrogen-bond acceptors (Lipinski definition) is 3. The van der Waals surface area contributed by atoms with Crippen molar-refractivity contribution in [1.29, 1.82) is 0 Å². The molecule has 0 bridgehead atoms. The van der Waals surface area contributed by atoms with E-state index in [1.54, 1.807) is 7.11 Å². The Balaban J connectivity index is 2.08. The van der Waals surface area contributed by atoms with Crippen LogP contribution in [0, 0.1) is 12.3 Å². The van der Waals surface area contributed by atoms with Crippen molar-refractivity contribution in [3.8, 4) is 11.5 Å². The summed E-state index contributed by atoms with van der Waals surface area (Å²) in [5.74, 6) is 1.24. The number of benzene rings is 2. The maximum atomic E-state index is 6.53. The van der Waals surface area contributed by atoms with Crippen LogP contribution in [0.2, 0.25) is 5.02 Å². The molecule has 4 heteroatoms. The first-order valence-corrected chi connectivity index (χ1v) is 10.2. The molecule has 0 fully saturated rings. The van der Waals surface area contributed by atoms with Crippen LogP contribution in [0.1, 0.15) is 57.7 Å². The molecule has 154 valence electrons. The predicted octanol–water partition coefficient (Wildman–Crippen LogP) is 6.54. The summed E-state index contributed by atoms with van der Waals surface area (Å²) in [5.41, 5.74) is 3.69. The lowest BCUT2D eigenvalue weighted by Gasteiger charge is -2.33. The van der Waals surface area contributed by atoms with E-state index in [0.717, 1.165) is 24.1 Å². The van der Waals surface area contributed by atoms with Gasteiger partial charge in [0, 0.05) is 12.1 Å². The Kier molecular flexibility index (Phi) is 7.41. The third-order valence-corrected chi connectivity index (χ3v) is 4.82. The van der Waals surface area contributed by atoms with Crippen LogP contribution in [-0.2, 0) is 13.2 Å². The molecule has 0 saturated carbocycles. The van der Waals surface area contributed by atoms with E-state index in [2.05, 4.69) is 71.1 Å². The second kappa shape index (κ2) is 9.19. The maximum absolute atomic E-state index is 6.53. The molecule has 0 radical (unpaired) electrons. The maximum Gasteiger partial charge on any atom is 0.180 e. The highest BCUT2D eigenvalue weighted by Gasteiger charge is 2.25. The van der Waals surface area contributed by atoms with Crippen LogP contribution in [-0.4, -0.2) is 12.6 Å². The fraction of sp³-hybridized carbons (Fsp3) is 0.500. The summed E-state index contributed by atoms with van der Waals surface area (Å²) in [6, 6.07) is 12.2. The SMILES string of the molecule is COc1cc(CNC(C)(C)CC(C)(C)C)cc(Cl)c1OCc1ccc(C)cc1. The molecule has 0 saturated heterocycles. The van der Waals surface area contributed by atoms with Crippen LogP contribution in [0.25, 0.3) is 0 Å². The smallest absolute Gasteiger partial charge is 0.180 e. The second-order valence-electron chi connectivity index (χ2n) is 9.36. The Morgan fingerprint density at radius 1 is 0.964 bits per heavy atom. The number of rotatable bonds is 8. The average molecular weight is 404 g/mol. The first-order chi connectivity index (χ1) is 13.0. The number of aryl methyl sites for hydroxylation is 1. The molecule has 0 aliphatic carbocycles. The number of methoxy groups -OCH3 is 1. The number of ether oxygens (including phenoxy) is 2. The van der Waals surface area contributed by atoms with Gasteiger partial charge in [0.25, 0.3) is 0 Å². The van der Waals surface area contributed by atoms with Gasteiger partial charge in [-0.05, 0) is 55.9 Å². The molecule has 0 amide bonds.